The van der Waals surface area contributed by atoms with Gasteiger partial charge in [0.05, 0.1) is 15.3 Å². The number of amides is 3. The number of nitrogens with one attached hydrogen (secondary N) is 2. The third-order valence-electron chi connectivity index (χ3n) is 3.38. The number of likely N-dealkylation sites (tertiary alicyclic amines) is 1. The van der Waals surface area contributed by atoms with Crippen LogP contribution in [0.25, 0.3) is 0 Å². The average Bonchev–Trinajstić information content (AvgIpc) is 3.02. The lowest BCUT2D eigenvalue weighted by atomic mass is 10.1. The fraction of sp³-hybridized carbons (Fsp3) is 0.462. The SMILES string of the molecule is CC(=O)NC[C@@H]1C[C@@H](NC(=O)c2ccc(Cl)s2)CN1C(=O)O. The lowest BCUT2D eigenvalue weighted by Crippen LogP contribution is -2.42. The number of carbonyl (C=O) groups is 3. The van der Waals surface area contributed by atoms with Crippen LogP contribution in [0.15, 0.2) is 12.1 Å². The number of carbonyl (C=O) groups excluding carboxylic acids is 2. The average molecular weight is 346 g/mol. The molecule has 0 saturated carbocycles. The molecular weight excluding hydrogens is 330 g/mol. The number of nitrogens with zero attached hydrogens (tertiary/aromatic N) is 1. The number of rotatable bonds is 4. The number of halogens is 1. The van der Waals surface area contributed by atoms with Crippen molar-refractivity contribution in [3.63, 3.8) is 0 Å². The van der Waals surface area contributed by atoms with Crippen LogP contribution in [0.3, 0.4) is 0 Å². The van der Waals surface area contributed by atoms with Crippen LogP contribution in [-0.2, 0) is 4.79 Å². The highest BCUT2D eigenvalue weighted by Crippen LogP contribution is 2.23. The molecule has 120 valence electrons. The number of thiophene rings is 1. The van der Waals surface area contributed by atoms with E-state index < -0.39 is 6.09 Å². The molecule has 1 aromatic rings. The zero-order valence-electron chi connectivity index (χ0n) is 11.8. The Balaban J connectivity index is 1.96. The molecule has 0 radical (unpaired) electrons. The molecule has 1 fully saturated rings. The van der Waals surface area contributed by atoms with Gasteiger partial charge in [-0.05, 0) is 18.6 Å². The van der Waals surface area contributed by atoms with E-state index in [-0.39, 0.29) is 37.0 Å². The third-order valence-corrected chi connectivity index (χ3v) is 4.61. The van der Waals surface area contributed by atoms with Crippen LogP contribution < -0.4 is 10.6 Å². The van der Waals surface area contributed by atoms with Crippen molar-refractivity contribution in [2.24, 2.45) is 0 Å². The van der Waals surface area contributed by atoms with E-state index in [0.29, 0.717) is 15.6 Å². The minimum Gasteiger partial charge on any atom is -0.465 e. The molecule has 0 unspecified atom stereocenters. The van der Waals surface area contributed by atoms with Crippen molar-refractivity contribution < 1.29 is 19.5 Å². The summed E-state index contributed by atoms with van der Waals surface area (Å²) in [6, 6.07) is 2.63. The van der Waals surface area contributed by atoms with Crippen molar-refractivity contribution in [3.05, 3.63) is 21.3 Å². The number of carboxylic acid groups (broad SMARTS) is 1. The van der Waals surface area contributed by atoms with Crippen LogP contribution in [0.4, 0.5) is 4.79 Å². The highest BCUT2D eigenvalue weighted by Gasteiger charge is 2.36. The fourth-order valence-corrected chi connectivity index (χ4v) is 3.35. The molecule has 1 aromatic heterocycles. The lowest BCUT2D eigenvalue weighted by Gasteiger charge is -2.20. The van der Waals surface area contributed by atoms with E-state index in [1.54, 1.807) is 12.1 Å². The molecule has 0 aliphatic carbocycles. The van der Waals surface area contributed by atoms with Crippen LogP contribution in [-0.4, -0.2) is 53.1 Å². The van der Waals surface area contributed by atoms with Gasteiger partial charge >= 0.3 is 6.09 Å². The van der Waals surface area contributed by atoms with E-state index in [4.69, 9.17) is 11.6 Å². The first-order valence-electron chi connectivity index (χ1n) is 6.67. The van der Waals surface area contributed by atoms with E-state index >= 15 is 0 Å². The molecule has 1 aliphatic rings. The minimum atomic E-state index is -1.06. The molecule has 7 nitrogen and oxygen atoms in total. The first-order valence-corrected chi connectivity index (χ1v) is 7.86. The van der Waals surface area contributed by atoms with Crippen molar-refractivity contribution in [3.8, 4) is 0 Å². The summed E-state index contributed by atoms with van der Waals surface area (Å²) in [5, 5.41) is 14.6. The zero-order chi connectivity index (χ0) is 16.3. The minimum absolute atomic E-state index is 0.199. The predicted molar refractivity (Wildman–Crippen MR) is 82.4 cm³/mol. The molecule has 0 aromatic carbocycles. The molecule has 22 heavy (non-hydrogen) atoms. The van der Waals surface area contributed by atoms with Crippen molar-refractivity contribution in [2.45, 2.75) is 25.4 Å². The van der Waals surface area contributed by atoms with Gasteiger partial charge in [-0.3, -0.25) is 9.59 Å². The highest BCUT2D eigenvalue weighted by molar-refractivity contribution is 7.17. The smallest absolute Gasteiger partial charge is 0.407 e. The zero-order valence-corrected chi connectivity index (χ0v) is 13.4. The standard InChI is InChI=1S/C13H16ClN3O4S/c1-7(18)15-5-9-4-8(6-17(9)13(20)21)16-12(19)10-2-3-11(14)22-10/h2-3,8-9H,4-6H2,1H3,(H,15,18)(H,16,19)(H,20,21)/t8-,9+/m1/s1. The van der Waals surface area contributed by atoms with Gasteiger partial charge in [0.1, 0.15) is 0 Å². The highest BCUT2D eigenvalue weighted by atomic mass is 35.5. The quantitative estimate of drug-likeness (QED) is 0.767. The normalized spacial score (nSPS) is 20.7. The first-order chi connectivity index (χ1) is 10.4. The number of hydrogen-bond acceptors (Lipinski definition) is 4. The summed E-state index contributed by atoms with van der Waals surface area (Å²) in [5.74, 6) is -0.488. The van der Waals surface area contributed by atoms with E-state index in [1.807, 2.05) is 0 Å². The molecule has 2 rings (SSSR count). The maximum atomic E-state index is 12.1. The van der Waals surface area contributed by atoms with Crippen molar-refractivity contribution in [1.29, 1.82) is 0 Å². The summed E-state index contributed by atoms with van der Waals surface area (Å²) in [6.45, 7) is 1.81. The van der Waals surface area contributed by atoms with E-state index in [9.17, 15) is 19.5 Å². The molecule has 1 saturated heterocycles. The Morgan fingerprint density at radius 3 is 2.73 bits per heavy atom. The summed E-state index contributed by atoms with van der Waals surface area (Å²) in [6.07, 6.45) is -0.608. The van der Waals surface area contributed by atoms with Crippen molar-refractivity contribution >= 4 is 40.8 Å². The Kier molecular flexibility index (Phi) is 5.25. The van der Waals surface area contributed by atoms with Gasteiger partial charge in [-0.25, -0.2) is 4.79 Å². The Morgan fingerprint density at radius 2 is 2.18 bits per heavy atom. The van der Waals surface area contributed by atoms with Crippen LogP contribution >= 0.6 is 22.9 Å². The van der Waals surface area contributed by atoms with Gasteiger partial charge in [-0.1, -0.05) is 11.6 Å². The summed E-state index contributed by atoms with van der Waals surface area (Å²) in [5.41, 5.74) is 0. The maximum Gasteiger partial charge on any atom is 0.407 e. The monoisotopic (exact) mass is 345 g/mol. The topological polar surface area (TPSA) is 98.7 Å². The number of hydrogen-bond donors (Lipinski definition) is 3. The second kappa shape index (κ2) is 6.97. The molecule has 2 atom stereocenters. The maximum absolute atomic E-state index is 12.1. The van der Waals surface area contributed by atoms with Crippen LogP contribution in [0.2, 0.25) is 4.34 Å². The van der Waals surface area contributed by atoms with E-state index in [1.165, 1.54) is 23.2 Å². The summed E-state index contributed by atoms with van der Waals surface area (Å²) < 4.78 is 0.521. The second-order valence-electron chi connectivity index (χ2n) is 5.04. The summed E-state index contributed by atoms with van der Waals surface area (Å²) in [7, 11) is 0. The third kappa shape index (κ3) is 4.11. The predicted octanol–water partition coefficient (Wildman–Crippen LogP) is 1.39. The molecule has 1 aliphatic heterocycles. The molecule has 2 heterocycles. The molecule has 3 amide bonds. The van der Waals surface area contributed by atoms with E-state index in [2.05, 4.69) is 10.6 Å². The van der Waals surface area contributed by atoms with Crippen molar-refractivity contribution in [2.75, 3.05) is 13.1 Å². The van der Waals surface area contributed by atoms with Gasteiger partial charge in [0, 0.05) is 26.1 Å². The van der Waals surface area contributed by atoms with Gasteiger partial charge in [0.25, 0.3) is 5.91 Å². The van der Waals surface area contributed by atoms with Crippen LogP contribution in [0.1, 0.15) is 23.0 Å². The summed E-state index contributed by atoms with van der Waals surface area (Å²) >= 11 is 6.96. The van der Waals surface area contributed by atoms with Gasteiger partial charge in [-0.2, -0.15) is 0 Å². The molecule has 0 spiro atoms. The Bertz CT molecular complexity index is 592. The van der Waals surface area contributed by atoms with Gasteiger partial charge in [0.15, 0.2) is 0 Å². The molecule has 3 N–H and O–H groups in total. The second-order valence-corrected chi connectivity index (χ2v) is 6.75. The van der Waals surface area contributed by atoms with Gasteiger partial charge in [-0.15, -0.1) is 11.3 Å². The summed E-state index contributed by atoms with van der Waals surface area (Å²) in [4.78, 5) is 36.0. The molecule has 9 heteroatoms. The fourth-order valence-electron chi connectivity index (χ4n) is 2.40. The van der Waals surface area contributed by atoms with Gasteiger partial charge in [0.2, 0.25) is 5.91 Å². The Morgan fingerprint density at radius 1 is 1.45 bits per heavy atom. The Hall–Kier alpha value is -1.80. The lowest BCUT2D eigenvalue weighted by molar-refractivity contribution is -0.119. The first kappa shape index (κ1) is 16.6. The molecule has 0 bridgehead atoms. The van der Waals surface area contributed by atoms with E-state index in [0.717, 1.165) is 0 Å². The van der Waals surface area contributed by atoms with Gasteiger partial charge < -0.3 is 20.6 Å². The Labute approximate surface area is 136 Å². The van der Waals surface area contributed by atoms with Crippen LogP contribution in [0, 0.1) is 0 Å². The molecular formula is C13H16ClN3O4S. The largest absolute Gasteiger partial charge is 0.465 e. The van der Waals surface area contributed by atoms with Crippen molar-refractivity contribution in [1.82, 2.24) is 15.5 Å². The van der Waals surface area contributed by atoms with Crippen LogP contribution in [0.5, 0.6) is 0 Å².